The SMILES string of the molecule is CN(Cc1ccc2c(c1)OCO2)C(=O)NCCc1cccc(F)c1. The number of amides is 2. The Morgan fingerprint density at radius 3 is 2.83 bits per heavy atom. The fourth-order valence-electron chi connectivity index (χ4n) is 2.53. The van der Waals surface area contributed by atoms with Crippen molar-refractivity contribution in [1.29, 1.82) is 0 Å². The first-order valence-corrected chi connectivity index (χ1v) is 7.74. The lowest BCUT2D eigenvalue weighted by Gasteiger charge is -2.18. The van der Waals surface area contributed by atoms with Crippen LogP contribution in [0.5, 0.6) is 11.5 Å². The Hall–Kier alpha value is -2.76. The van der Waals surface area contributed by atoms with E-state index in [1.54, 1.807) is 18.0 Å². The predicted octanol–water partition coefficient (Wildman–Crippen LogP) is 2.94. The zero-order chi connectivity index (χ0) is 16.9. The van der Waals surface area contributed by atoms with Crippen LogP contribution in [0.4, 0.5) is 9.18 Å². The van der Waals surface area contributed by atoms with Crippen LogP contribution in [0.2, 0.25) is 0 Å². The van der Waals surface area contributed by atoms with Crippen LogP contribution in [0, 0.1) is 5.82 Å². The molecular weight excluding hydrogens is 311 g/mol. The van der Waals surface area contributed by atoms with Crippen LogP contribution < -0.4 is 14.8 Å². The Kier molecular flexibility index (Phi) is 4.84. The fraction of sp³-hybridized carbons (Fsp3) is 0.278. The molecule has 0 saturated carbocycles. The highest BCUT2D eigenvalue weighted by Crippen LogP contribution is 2.32. The van der Waals surface area contributed by atoms with E-state index in [-0.39, 0.29) is 18.6 Å². The van der Waals surface area contributed by atoms with E-state index in [4.69, 9.17) is 9.47 Å². The van der Waals surface area contributed by atoms with Gasteiger partial charge in [0.25, 0.3) is 0 Å². The van der Waals surface area contributed by atoms with Gasteiger partial charge in [-0.15, -0.1) is 0 Å². The normalized spacial score (nSPS) is 12.1. The second-order valence-corrected chi connectivity index (χ2v) is 5.66. The highest BCUT2D eigenvalue weighted by atomic mass is 19.1. The topological polar surface area (TPSA) is 50.8 Å². The molecule has 2 aromatic carbocycles. The van der Waals surface area contributed by atoms with E-state index in [1.807, 2.05) is 24.3 Å². The molecule has 1 N–H and O–H groups in total. The number of hydrogen-bond acceptors (Lipinski definition) is 3. The number of benzene rings is 2. The molecule has 2 amide bonds. The third kappa shape index (κ3) is 3.95. The van der Waals surface area contributed by atoms with Gasteiger partial charge in [-0.25, -0.2) is 9.18 Å². The summed E-state index contributed by atoms with van der Waals surface area (Å²) >= 11 is 0. The lowest BCUT2D eigenvalue weighted by Crippen LogP contribution is -2.37. The number of urea groups is 1. The molecule has 5 nitrogen and oxygen atoms in total. The molecule has 0 aromatic heterocycles. The Morgan fingerprint density at radius 2 is 2.00 bits per heavy atom. The highest BCUT2D eigenvalue weighted by Gasteiger charge is 2.15. The third-order valence-corrected chi connectivity index (χ3v) is 3.78. The van der Waals surface area contributed by atoms with Gasteiger partial charge in [0.1, 0.15) is 5.82 Å². The van der Waals surface area contributed by atoms with Gasteiger partial charge >= 0.3 is 6.03 Å². The number of nitrogens with one attached hydrogen (secondary N) is 1. The number of carbonyl (C=O) groups excluding carboxylic acids is 1. The molecule has 1 aliphatic heterocycles. The van der Waals surface area contributed by atoms with E-state index in [2.05, 4.69) is 5.32 Å². The summed E-state index contributed by atoms with van der Waals surface area (Å²) in [6.45, 7) is 1.14. The average molecular weight is 330 g/mol. The number of halogens is 1. The molecule has 0 spiro atoms. The van der Waals surface area contributed by atoms with E-state index < -0.39 is 0 Å². The summed E-state index contributed by atoms with van der Waals surface area (Å²) in [7, 11) is 1.72. The number of ether oxygens (including phenoxy) is 2. The molecule has 1 heterocycles. The third-order valence-electron chi connectivity index (χ3n) is 3.78. The maximum absolute atomic E-state index is 13.1. The van der Waals surface area contributed by atoms with Gasteiger partial charge in [0.05, 0.1) is 0 Å². The van der Waals surface area contributed by atoms with Gasteiger partial charge < -0.3 is 19.7 Å². The smallest absolute Gasteiger partial charge is 0.317 e. The van der Waals surface area contributed by atoms with Crippen molar-refractivity contribution >= 4 is 6.03 Å². The van der Waals surface area contributed by atoms with Crippen molar-refractivity contribution < 1.29 is 18.7 Å². The first-order valence-electron chi connectivity index (χ1n) is 7.74. The largest absolute Gasteiger partial charge is 0.454 e. The standard InChI is InChI=1S/C18H19FN2O3/c1-21(11-14-5-6-16-17(10-14)24-12-23-16)18(22)20-8-7-13-3-2-4-15(19)9-13/h2-6,9-10H,7-8,11-12H2,1H3,(H,20,22). The van der Waals surface area contributed by atoms with Gasteiger partial charge in [0.15, 0.2) is 11.5 Å². The van der Waals surface area contributed by atoms with Crippen molar-refractivity contribution in [2.24, 2.45) is 0 Å². The average Bonchev–Trinajstić information content (AvgIpc) is 3.02. The van der Waals surface area contributed by atoms with Gasteiger partial charge in [0, 0.05) is 20.1 Å². The number of carbonyl (C=O) groups is 1. The molecule has 1 aliphatic rings. The van der Waals surface area contributed by atoms with Gasteiger partial charge in [-0.2, -0.15) is 0 Å². The summed E-state index contributed by atoms with van der Waals surface area (Å²) in [6, 6.07) is 11.8. The maximum atomic E-state index is 13.1. The summed E-state index contributed by atoms with van der Waals surface area (Å²) in [5, 5.41) is 2.83. The van der Waals surface area contributed by atoms with Crippen molar-refractivity contribution in [3.05, 3.63) is 59.4 Å². The van der Waals surface area contributed by atoms with Crippen LogP contribution in [0.3, 0.4) is 0 Å². The number of hydrogen-bond donors (Lipinski definition) is 1. The van der Waals surface area contributed by atoms with Gasteiger partial charge in [-0.3, -0.25) is 0 Å². The summed E-state index contributed by atoms with van der Waals surface area (Å²) in [4.78, 5) is 13.7. The molecule has 0 radical (unpaired) electrons. The predicted molar refractivity (Wildman–Crippen MR) is 87.5 cm³/mol. The van der Waals surface area contributed by atoms with Crippen molar-refractivity contribution in [3.63, 3.8) is 0 Å². The van der Waals surface area contributed by atoms with Crippen LogP contribution >= 0.6 is 0 Å². The van der Waals surface area contributed by atoms with Crippen LogP contribution in [0.15, 0.2) is 42.5 Å². The monoisotopic (exact) mass is 330 g/mol. The molecule has 6 heteroatoms. The number of nitrogens with zero attached hydrogens (tertiary/aromatic N) is 1. The Balaban J connectivity index is 1.48. The van der Waals surface area contributed by atoms with Gasteiger partial charge in [-0.05, 0) is 41.8 Å². The molecule has 2 aromatic rings. The molecule has 0 fully saturated rings. The summed E-state index contributed by atoms with van der Waals surface area (Å²) in [5.74, 6) is 1.16. The maximum Gasteiger partial charge on any atom is 0.317 e. The second kappa shape index (κ2) is 7.21. The minimum atomic E-state index is -0.265. The highest BCUT2D eigenvalue weighted by molar-refractivity contribution is 5.73. The Bertz CT molecular complexity index is 736. The van der Waals surface area contributed by atoms with Crippen molar-refractivity contribution in [2.45, 2.75) is 13.0 Å². The zero-order valence-corrected chi connectivity index (χ0v) is 13.4. The van der Waals surface area contributed by atoms with E-state index in [0.29, 0.717) is 25.3 Å². The first-order chi connectivity index (χ1) is 11.6. The van der Waals surface area contributed by atoms with Crippen LogP contribution in [0.1, 0.15) is 11.1 Å². The van der Waals surface area contributed by atoms with Crippen molar-refractivity contribution in [2.75, 3.05) is 20.4 Å². The Morgan fingerprint density at radius 1 is 1.17 bits per heavy atom. The van der Waals surface area contributed by atoms with Gasteiger partial charge in [0.2, 0.25) is 6.79 Å². The molecule has 0 bridgehead atoms. The van der Waals surface area contributed by atoms with Crippen LogP contribution in [-0.4, -0.2) is 31.3 Å². The molecule has 0 aliphatic carbocycles. The molecule has 0 unspecified atom stereocenters. The lowest BCUT2D eigenvalue weighted by molar-refractivity contribution is 0.174. The van der Waals surface area contributed by atoms with E-state index in [0.717, 1.165) is 16.9 Å². The minimum absolute atomic E-state index is 0.177. The van der Waals surface area contributed by atoms with E-state index in [1.165, 1.54) is 12.1 Å². The quantitative estimate of drug-likeness (QED) is 0.917. The van der Waals surface area contributed by atoms with Crippen molar-refractivity contribution in [1.82, 2.24) is 10.2 Å². The summed E-state index contributed by atoms with van der Waals surface area (Å²) in [6.07, 6.45) is 0.585. The second-order valence-electron chi connectivity index (χ2n) is 5.66. The van der Waals surface area contributed by atoms with Crippen LogP contribution in [0.25, 0.3) is 0 Å². The molecule has 0 saturated heterocycles. The number of fused-ring (bicyclic) bond motifs is 1. The van der Waals surface area contributed by atoms with E-state index in [9.17, 15) is 9.18 Å². The molecule has 24 heavy (non-hydrogen) atoms. The first kappa shape index (κ1) is 16.1. The zero-order valence-electron chi connectivity index (χ0n) is 13.4. The van der Waals surface area contributed by atoms with Gasteiger partial charge in [-0.1, -0.05) is 18.2 Å². The molecule has 3 rings (SSSR count). The lowest BCUT2D eigenvalue weighted by atomic mass is 10.1. The fourth-order valence-corrected chi connectivity index (χ4v) is 2.53. The minimum Gasteiger partial charge on any atom is -0.454 e. The molecule has 126 valence electrons. The molecular formula is C18H19FN2O3. The van der Waals surface area contributed by atoms with Crippen LogP contribution in [-0.2, 0) is 13.0 Å². The molecule has 0 atom stereocenters. The summed E-state index contributed by atoms with van der Waals surface area (Å²) in [5.41, 5.74) is 1.82. The van der Waals surface area contributed by atoms with E-state index >= 15 is 0 Å². The Labute approximate surface area is 140 Å². The summed E-state index contributed by atoms with van der Waals surface area (Å²) < 4.78 is 23.7. The van der Waals surface area contributed by atoms with Crippen molar-refractivity contribution in [3.8, 4) is 11.5 Å². The number of rotatable bonds is 5.